The largest absolute Gasteiger partial charge is 0.392 e. The third kappa shape index (κ3) is 3.23. The number of likely N-dealkylation sites (N-methyl/N-ethyl adjacent to an activating group) is 1. The number of rotatable bonds is 3. The summed E-state index contributed by atoms with van der Waals surface area (Å²) >= 11 is 4.82. The first-order chi connectivity index (χ1) is 6.61. The fourth-order valence-electron chi connectivity index (χ4n) is 1.70. The summed E-state index contributed by atoms with van der Waals surface area (Å²) in [6, 6.07) is -0.0704. The van der Waals surface area contributed by atoms with Crippen molar-refractivity contribution < 1.29 is 4.79 Å². The van der Waals surface area contributed by atoms with Crippen molar-refractivity contribution >= 4 is 23.1 Å². The van der Waals surface area contributed by atoms with E-state index in [4.69, 9.17) is 18.0 Å². The molecule has 0 saturated carbocycles. The highest BCUT2D eigenvalue weighted by Crippen LogP contribution is 2.10. The molecule has 1 atom stereocenters. The highest BCUT2D eigenvalue weighted by molar-refractivity contribution is 7.80. The maximum Gasteiger partial charge on any atom is 0.237 e. The lowest BCUT2D eigenvalue weighted by Gasteiger charge is -2.24. The van der Waals surface area contributed by atoms with Crippen molar-refractivity contribution in [2.75, 3.05) is 20.1 Å². The summed E-state index contributed by atoms with van der Waals surface area (Å²) in [7, 11) is 1.88. The van der Waals surface area contributed by atoms with Crippen LogP contribution in [0.2, 0.25) is 0 Å². The van der Waals surface area contributed by atoms with Crippen molar-refractivity contribution in [2.45, 2.75) is 25.3 Å². The Bertz CT molecular complexity index is 232. The van der Waals surface area contributed by atoms with Gasteiger partial charge in [0.15, 0.2) is 0 Å². The Morgan fingerprint density at radius 1 is 1.71 bits per heavy atom. The van der Waals surface area contributed by atoms with E-state index < -0.39 is 0 Å². The number of amides is 1. The van der Waals surface area contributed by atoms with Gasteiger partial charge in [-0.2, -0.15) is 0 Å². The molecule has 80 valence electrons. The molecule has 14 heavy (non-hydrogen) atoms. The Morgan fingerprint density at radius 2 is 2.43 bits per heavy atom. The van der Waals surface area contributed by atoms with Crippen molar-refractivity contribution in [1.82, 2.24) is 10.2 Å². The average Bonchev–Trinajstić information content (AvgIpc) is 2.28. The lowest BCUT2D eigenvalue weighted by Crippen LogP contribution is -2.46. The number of thiocarbonyl (C=S) groups is 1. The molecular formula is C9H17N3OS. The van der Waals surface area contributed by atoms with Crippen molar-refractivity contribution in [1.29, 1.82) is 0 Å². The van der Waals surface area contributed by atoms with E-state index >= 15 is 0 Å². The van der Waals surface area contributed by atoms with Gasteiger partial charge in [-0.25, -0.2) is 0 Å². The van der Waals surface area contributed by atoms with Gasteiger partial charge < -0.3 is 11.1 Å². The van der Waals surface area contributed by atoms with E-state index in [1.807, 2.05) is 11.9 Å². The van der Waals surface area contributed by atoms with Gasteiger partial charge in [0.2, 0.25) is 5.91 Å². The van der Waals surface area contributed by atoms with Crippen LogP contribution in [0.25, 0.3) is 0 Å². The zero-order valence-corrected chi connectivity index (χ0v) is 9.27. The van der Waals surface area contributed by atoms with Gasteiger partial charge in [0.05, 0.1) is 11.0 Å². The van der Waals surface area contributed by atoms with Gasteiger partial charge in [-0.05, 0) is 26.3 Å². The standard InChI is InChI=1S/C9H17N3OS/c1-12(6-8(10)14)7-4-2-3-5-11-9(7)13/h7H,2-6H2,1H3,(H2,10,14)(H,11,13). The number of carbonyl (C=O) groups is 1. The molecule has 1 aliphatic rings. The van der Waals surface area contributed by atoms with Crippen molar-refractivity contribution in [3.05, 3.63) is 0 Å². The zero-order valence-electron chi connectivity index (χ0n) is 8.45. The predicted octanol–water partition coefficient (Wildman–Crippen LogP) is -0.127. The van der Waals surface area contributed by atoms with Crippen LogP contribution in [0, 0.1) is 0 Å². The summed E-state index contributed by atoms with van der Waals surface area (Å²) in [6.07, 6.45) is 3.03. The average molecular weight is 215 g/mol. The second-order valence-electron chi connectivity index (χ2n) is 3.68. The highest BCUT2D eigenvalue weighted by atomic mass is 32.1. The minimum Gasteiger partial charge on any atom is -0.392 e. The van der Waals surface area contributed by atoms with Crippen LogP contribution in [-0.2, 0) is 4.79 Å². The number of nitrogens with zero attached hydrogens (tertiary/aromatic N) is 1. The summed E-state index contributed by atoms with van der Waals surface area (Å²) in [4.78, 5) is 14.0. The zero-order chi connectivity index (χ0) is 10.6. The molecule has 0 aromatic carbocycles. The van der Waals surface area contributed by atoms with Crippen LogP contribution in [-0.4, -0.2) is 42.0 Å². The molecule has 0 aromatic heterocycles. The van der Waals surface area contributed by atoms with Crippen LogP contribution in [0.3, 0.4) is 0 Å². The Hall–Kier alpha value is -0.680. The van der Waals surface area contributed by atoms with Gasteiger partial charge in [0.25, 0.3) is 0 Å². The molecular weight excluding hydrogens is 198 g/mol. The first-order valence-electron chi connectivity index (χ1n) is 4.87. The van der Waals surface area contributed by atoms with Crippen molar-refractivity contribution in [2.24, 2.45) is 5.73 Å². The smallest absolute Gasteiger partial charge is 0.237 e. The van der Waals surface area contributed by atoms with E-state index in [1.54, 1.807) is 0 Å². The monoisotopic (exact) mass is 215 g/mol. The second kappa shape index (κ2) is 5.26. The summed E-state index contributed by atoms with van der Waals surface area (Å²) in [5, 5.41) is 2.88. The van der Waals surface area contributed by atoms with Crippen LogP contribution in [0.4, 0.5) is 0 Å². The molecule has 5 heteroatoms. The summed E-state index contributed by atoms with van der Waals surface area (Å²) in [6.45, 7) is 1.30. The van der Waals surface area contributed by atoms with Crippen molar-refractivity contribution in [3.8, 4) is 0 Å². The molecule has 1 unspecified atom stereocenters. The molecule has 1 aliphatic heterocycles. The van der Waals surface area contributed by atoms with Crippen LogP contribution >= 0.6 is 12.2 Å². The van der Waals surface area contributed by atoms with Gasteiger partial charge in [-0.1, -0.05) is 12.2 Å². The molecule has 1 fully saturated rings. The lowest BCUT2D eigenvalue weighted by molar-refractivity contribution is -0.125. The van der Waals surface area contributed by atoms with Gasteiger partial charge in [0.1, 0.15) is 0 Å². The third-order valence-electron chi connectivity index (χ3n) is 2.44. The Morgan fingerprint density at radius 3 is 3.07 bits per heavy atom. The van der Waals surface area contributed by atoms with Gasteiger partial charge in [-0.3, -0.25) is 9.69 Å². The number of nitrogens with one attached hydrogen (secondary N) is 1. The maximum atomic E-state index is 11.6. The Kier molecular flexibility index (Phi) is 4.28. The van der Waals surface area contributed by atoms with E-state index in [0.29, 0.717) is 11.5 Å². The Labute approximate surface area is 89.8 Å². The molecule has 3 N–H and O–H groups in total. The van der Waals surface area contributed by atoms with Crippen LogP contribution in [0.5, 0.6) is 0 Å². The van der Waals surface area contributed by atoms with E-state index in [2.05, 4.69) is 5.32 Å². The fourth-order valence-corrected chi connectivity index (χ4v) is 1.90. The van der Waals surface area contributed by atoms with E-state index in [9.17, 15) is 4.79 Å². The number of nitrogens with two attached hydrogens (primary N) is 1. The number of hydrogen-bond donors (Lipinski definition) is 2. The first-order valence-corrected chi connectivity index (χ1v) is 5.28. The van der Waals surface area contributed by atoms with Crippen LogP contribution < -0.4 is 11.1 Å². The normalized spacial score (nSPS) is 23.0. The molecule has 0 aromatic rings. The molecule has 1 amide bonds. The molecule has 0 aliphatic carbocycles. The molecule has 0 radical (unpaired) electrons. The fraction of sp³-hybridized carbons (Fsp3) is 0.778. The molecule has 0 spiro atoms. The summed E-state index contributed by atoms with van der Waals surface area (Å²) < 4.78 is 0. The number of hydrogen-bond acceptors (Lipinski definition) is 3. The van der Waals surface area contributed by atoms with E-state index in [-0.39, 0.29) is 11.9 Å². The quantitative estimate of drug-likeness (QED) is 0.644. The van der Waals surface area contributed by atoms with E-state index in [0.717, 1.165) is 25.8 Å². The van der Waals surface area contributed by atoms with Crippen LogP contribution in [0.1, 0.15) is 19.3 Å². The Balaban J connectivity index is 2.54. The highest BCUT2D eigenvalue weighted by Gasteiger charge is 2.24. The molecule has 1 saturated heterocycles. The van der Waals surface area contributed by atoms with Crippen LogP contribution in [0.15, 0.2) is 0 Å². The topological polar surface area (TPSA) is 58.4 Å². The predicted molar refractivity (Wildman–Crippen MR) is 60.1 cm³/mol. The van der Waals surface area contributed by atoms with Gasteiger partial charge in [0, 0.05) is 13.1 Å². The third-order valence-corrected chi connectivity index (χ3v) is 2.57. The molecule has 1 rings (SSSR count). The van der Waals surface area contributed by atoms with Gasteiger partial charge >= 0.3 is 0 Å². The summed E-state index contributed by atoms with van der Waals surface area (Å²) in [5.74, 6) is 0.0984. The first kappa shape index (κ1) is 11.4. The molecule has 4 nitrogen and oxygen atoms in total. The SMILES string of the molecule is CN(CC(N)=S)C1CCCCNC1=O. The lowest BCUT2D eigenvalue weighted by atomic mass is 10.1. The molecule has 0 bridgehead atoms. The maximum absolute atomic E-state index is 11.6. The summed E-state index contributed by atoms with van der Waals surface area (Å²) in [5.41, 5.74) is 5.44. The number of carbonyl (C=O) groups excluding carboxylic acids is 1. The molecule has 1 heterocycles. The van der Waals surface area contributed by atoms with E-state index in [1.165, 1.54) is 0 Å². The second-order valence-corrected chi connectivity index (χ2v) is 4.21. The minimum atomic E-state index is -0.0704. The van der Waals surface area contributed by atoms with Crippen molar-refractivity contribution in [3.63, 3.8) is 0 Å². The van der Waals surface area contributed by atoms with Gasteiger partial charge in [-0.15, -0.1) is 0 Å². The minimum absolute atomic E-state index is 0.0704.